The van der Waals surface area contributed by atoms with Gasteiger partial charge in [-0.1, -0.05) is 42.5 Å². The number of rotatable bonds is 3. The molecule has 6 nitrogen and oxygen atoms in total. The number of aromatic amines is 1. The second-order valence-electron chi connectivity index (χ2n) is 7.48. The smallest absolute Gasteiger partial charge is 0.238 e. The molecule has 2 heterocycles. The van der Waals surface area contributed by atoms with E-state index in [1.807, 2.05) is 18.2 Å². The standard InChI is InChI=1S/C21H20N4O2/c22-19(26)21(9-10-21)20(27)25-11-8-17-16(12-25)18(24-23-17)15-7-3-5-13-4-1-2-6-14(13)15/h1-7H,8-12H2,(H2,22,26)(H,23,24). The Balaban J connectivity index is 1.54. The van der Waals surface area contributed by atoms with E-state index in [1.54, 1.807) is 4.90 Å². The first-order valence-corrected chi connectivity index (χ1v) is 9.24. The lowest BCUT2D eigenvalue weighted by atomic mass is 9.95. The van der Waals surface area contributed by atoms with Gasteiger partial charge in [0.05, 0.1) is 5.69 Å². The van der Waals surface area contributed by atoms with Crippen LogP contribution < -0.4 is 5.73 Å². The molecule has 1 aromatic heterocycles. The van der Waals surface area contributed by atoms with Gasteiger partial charge >= 0.3 is 0 Å². The SMILES string of the molecule is NC(=O)C1(C(=O)N2CCc3[nH]nc(-c4cccc5ccccc45)c3C2)CC1. The lowest BCUT2D eigenvalue weighted by Crippen LogP contribution is -2.45. The number of carbonyl (C=O) groups is 2. The molecule has 0 radical (unpaired) electrons. The molecule has 1 fully saturated rings. The van der Waals surface area contributed by atoms with E-state index in [4.69, 9.17) is 5.73 Å². The Bertz CT molecular complexity index is 1080. The van der Waals surface area contributed by atoms with Crippen molar-refractivity contribution in [2.45, 2.75) is 25.8 Å². The summed E-state index contributed by atoms with van der Waals surface area (Å²) in [5.41, 5.74) is 8.55. The Morgan fingerprint density at radius 3 is 2.67 bits per heavy atom. The number of nitrogens with one attached hydrogen (secondary N) is 1. The van der Waals surface area contributed by atoms with Gasteiger partial charge in [-0.05, 0) is 23.6 Å². The summed E-state index contributed by atoms with van der Waals surface area (Å²) in [6.45, 7) is 1.04. The molecule has 6 heteroatoms. The second-order valence-corrected chi connectivity index (χ2v) is 7.48. The molecule has 2 aromatic carbocycles. The van der Waals surface area contributed by atoms with Gasteiger partial charge in [-0.25, -0.2) is 0 Å². The van der Waals surface area contributed by atoms with Gasteiger partial charge < -0.3 is 10.6 Å². The molecule has 136 valence electrons. The summed E-state index contributed by atoms with van der Waals surface area (Å²) < 4.78 is 0. The minimum Gasteiger partial charge on any atom is -0.369 e. The number of nitrogens with zero attached hydrogens (tertiary/aromatic N) is 2. The highest BCUT2D eigenvalue weighted by Crippen LogP contribution is 2.47. The predicted octanol–water partition coefficient (Wildman–Crippen LogP) is 2.38. The van der Waals surface area contributed by atoms with E-state index in [-0.39, 0.29) is 5.91 Å². The average Bonchev–Trinajstić information content (AvgIpc) is 3.41. The average molecular weight is 360 g/mol. The van der Waals surface area contributed by atoms with Crippen molar-refractivity contribution in [3.8, 4) is 11.3 Å². The molecule has 1 aliphatic carbocycles. The molecular formula is C21H20N4O2. The normalized spacial score (nSPS) is 17.6. The van der Waals surface area contributed by atoms with Crippen LogP contribution in [0.2, 0.25) is 0 Å². The van der Waals surface area contributed by atoms with Gasteiger partial charge in [0.1, 0.15) is 5.41 Å². The number of carbonyl (C=O) groups excluding carboxylic acids is 2. The molecule has 0 bridgehead atoms. The van der Waals surface area contributed by atoms with Crippen molar-refractivity contribution in [1.29, 1.82) is 0 Å². The third-order valence-corrected chi connectivity index (χ3v) is 5.90. The van der Waals surface area contributed by atoms with Crippen LogP contribution >= 0.6 is 0 Å². The van der Waals surface area contributed by atoms with Crippen LogP contribution in [0.4, 0.5) is 0 Å². The molecule has 2 aliphatic rings. The minimum absolute atomic E-state index is 0.134. The van der Waals surface area contributed by atoms with E-state index >= 15 is 0 Å². The molecule has 1 saturated carbocycles. The molecule has 1 aliphatic heterocycles. The highest BCUT2D eigenvalue weighted by molar-refractivity contribution is 6.07. The number of hydrogen-bond donors (Lipinski definition) is 2. The molecule has 0 saturated heterocycles. The van der Waals surface area contributed by atoms with Crippen molar-refractivity contribution in [3.63, 3.8) is 0 Å². The number of benzene rings is 2. The van der Waals surface area contributed by atoms with Crippen LogP contribution in [0, 0.1) is 5.41 Å². The van der Waals surface area contributed by atoms with E-state index in [9.17, 15) is 9.59 Å². The van der Waals surface area contributed by atoms with E-state index in [2.05, 4.69) is 34.5 Å². The van der Waals surface area contributed by atoms with E-state index < -0.39 is 11.3 Å². The predicted molar refractivity (Wildman–Crippen MR) is 102 cm³/mol. The topological polar surface area (TPSA) is 92.1 Å². The number of primary amides is 1. The molecular weight excluding hydrogens is 340 g/mol. The zero-order valence-electron chi connectivity index (χ0n) is 14.9. The van der Waals surface area contributed by atoms with Gasteiger partial charge in [-0.3, -0.25) is 14.7 Å². The fourth-order valence-corrected chi connectivity index (χ4v) is 4.12. The maximum absolute atomic E-state index is 12.9. The van der Waals surface area contributed by atoms with Gasteiger partial charge in [0.15, 0.2) is 0 Å². The third-order valence-electron chi connectivity index (χ3n) is 5.90. The summed E-state index contributed by atoms with van der Waals surface area (Å²) in [4.78, 5) is 26.4. The number of amides is 2. The van der Waals surface area contributed by atoms with Crippen LogP contribution in [0.1, 0.15) is 24.1 Å². The van der Waals surface area contributed by atoms with Gasteiger partial charge in [-0.2, -0.15) is 5.10 Å². The van der Waals surface area contributed by atoms with Gasteiger partial charge in [0, 0.05) is 36.3 Å². The number of fused-ring (bicyclic) bond motifs is 2. The van der Waals surface area contributed by atoms with E-state index in [1.165, 1.54) is 0 Å². The van der Waals surface area contributed by atoms with Crippen molar-refractivity contribution >= 4 is 22.6 Å². The molecule has 3 N–H and O–H groups in total. The summed E-state index contributed by atoms with van der Waals surface area (Å²) in [6, 6.07) is 14.4. The maximum Gasteiger partial charge on any atom is 0.238 e. The molecule has 27 heavy (non-hydrogen) atoms. The van der Waals surface area contributed by atoms with Crippen molar-refractivity contribution in [2.24, 2.45) is 11.1 Å². The Kier molecular flexibility index (Phi) is 3.37. The highest BCUT2D eigenvalue weighted by Gasteiger charge is 2.57. The van der Waals surface area contributed by atoms with Crippen molar-refractivity contribution in [2.75, 3.05) is 6.54 Å². The quantitative estimate of drug-likeness (QED) is 0.703. The number of nitrogens with two attached hydrogens (primary N) is 1. The number of H-pyrrole nitrogens is 1. The molecule has 0 spiro atoms. The van der Waals surface area contributed by atoms with Crippen LogP contribution in [0.25, 0.3) is 22.0 Å². The summed E-state index contributed by atoms with van der Waals surface area (Å²) in [5, 5.41) is 10.0. The third kappa shape index (κ3) is 2.36. The van der Waals surface area contributed by atoms with Crippen LogP contribution in [-0.4, -0.2) is 33.5 Å². The zero-order chi connectivity index (χ0) is 18.6. The van der Waals surface area contributed by atoms with Gasteiger partial charge in [0.25, 0.3) is 0 Å². The van der Waals surface area contributed by atoms with E-state index in [0.717, 1.165) is 33.3 Å². The summed E-state index contributed by atoms with van der Waals surface area (Å²) in [6.07, 6.45) is 1.83. The number of aromatic nitrogens is 2. The maximum atomic E-state index is 12.9. The van der Waals surface area contributed by atoms with Gasteiger partial charge in [-0.15, -0.1) is 0 Å². The highest BCUT2D eigenvalue weighted by atomic mass is 16.2. The molecule has 0 atom stereocenters. The second kappa shape index (κ2) is 5.67. The first-order valence-electron chi connectivity index (χ1n) is 9.24. The Labute approximate surface area is 156 Å². The van der Waals surface area contributed by atoms with Gasteiger partial charge in [0.2, 0.25) is 11.8 Å². The molecule has 3 aromatic rings. The number of hydrogen-bond acceptors (Lipinski definition) is 3. The lowest BCUT2D eigenvalue weighted by molar-refractivity contribution is -0.143. The summed E-state index contributed by atoms with van der Waals surface area (Å²) in [7, 11) is 0. The summed E-state index contributed by atoms with van der Waals surface area (Å²) >= 11 is 0. The van der Waals surface area contributed by atoms with Crippen LogP contribution in [0.3, 0.4) is 0 Å². The Hall–Kier alpha value is -3.15. The Morgan fingerprint density at radius 2 is 1.89 bits per heavy atom. The fraction of sp³-hybridized carbons (Fsp3) is 0.286. The summed E-state index contributed by atoms with van der Waals surface area (Å²) in [5.74, 6) is -0.634. The largest absolute Gasteiger partial charge is 0.369 e. The molecule has 2 amide bonds. The van der Waals surface area contributed by atoms with Crippen LogP contribution in [0.5, 0.6) is 0 Å². The van der Waals surface area contributed by atoms with Crippen molar-refractivity contribution in [3.05, 3.63) is 53.7 Å². The van der Waals surface area contributed by atoms with Crippen LogP contribution in [-0.2, 0) is 22.6 Å². The molecule has 5 rings (SSSR count). The minimum atomic E-state index is -0.971. The monoisotopic (exact) mass is 360 g/mol. The zero-order valence-corrected chi connectivity index (χ0v) is 14.9. The first-order chi connectivity index (χ1) is 13.1. The van der Waals surface area contributed by atoms with Crippen molar-refractivity contribution in [1.82, 2.24) is 15.1 Å². The van der Waals surface area contributed by atoms with E-state index in [0.29, 0.717) is 32.4 Å². The van der Waals surface area contributed by atoms with Crippen LogP contribution in [0.15, 0.2) is 42.5 Å². The molecule has 0 unspecified atom stereocenters. The lowest BCUT2D eigenvalue weighted by Gasteiger charge is -2.30. The first kappa shape index (κ1) is 16.1. The van der Waals surface area contributed by atoms with Crippen molar-refractivity contribution < 1.29 is 9.59 Å². The fourth-order valence-electron chi connectivity index (χ4n) is 4.12. The Morgan fingerprint density at radius 1 is 1.11 bits per heavy atom.